The van der Waals surface area contributed by atoms with Crippen LogP contribution in [0.25, 0.3) is 11.0 Å². The first-order chi connectivity index (χ1) is 14.0. The van der Waals surface area contributed by atoms with Crippen molar-refractivity contribution in [2.24, 2.45) is 11.8 Å². The number of H-pyrrole nitrogens is 1. The second kappa shape index (κ2) is 6.61. The number of hydrogen-bond donors (Lipinski definition) is 1. The number of likely N-dealkylation sites (tertiary alicyclic amines) is 1. The first-order valence-corrected chi connectivity index (χ1v) is 9.52. The number of rotatable bonds is 2. The quantitative estimate of drug-likeness (QED) is 0.705. The minimum Gasteiger partial charge on any atom is -0.342 e. The molecule has 29 heavy (non-hydrogen) atoms. The average Bonchev–Trinajstić information content (AvgIpc) is 3.30. The van der Waals surface area contributed by atoms with E-state index in [2.05, 4.69) is 19.9 Å². The molecule has 3 aromatic rings. The van der Waals surface area contributed by atoms with Crippen LogP contribution in [-0.2, 0) is 0 Å². The fraction of sp³-hybridized carbons (Fsp3) is 0.350. The Morgan fingerprint density at radius 2 is 1.79 bits per heavy atom. The fourth-order valence-electron chi connectivity index (χ4n) is 4.26. The summed E-state index contributed by atoms with van der Waals surface area (Å²) in [6.45, 7) is 4.02. The fourth-order valence-corrected chi connectivity index (χ4v) is 4.26. The second-order valence-corrected chi connectivity index (χ2v) is 7.67. The number of fused-ring (bicyclic) bond motifs is 2. The Hall–Kier alpha value is -3.36. The zero-order valence-electron chi connectivity index (χ0n) is 15.8. The van der Waals surface area contributed by atoms with E-state index in [-0.39, 0.29) is 23.4 Å². The van der Waals surface area contributed by atoms with Gasteiger partial charge >= 0.3 is 0 Å². The molecule has 2 unspecified atom stereocenters. The van der Waals surface area contributed by atoms with Crippen molar-refractivity contribution in [1.29, 1.82) is 0 Å². The number of anilines is 1. The van der Waals surface area contributed by atoms with E-state index in [0.717, 1.165) is 5.52 Å². The van der Waals surface area contributed by atoms with Crippen LogP contribution in [0.15, 0.2) is 35.3 Å². The zero-order chi connectivity index (χ0) is 20.1. The van der Waals surface area contributed by atoms with Gasteiger partial charge in [0.1, 0.15) is 5.69 Å². The summed E-state index contributed by atoms with van der Waals surface area (Å²) < 4.78 is 13.5. The van der Waals surface area contributed by atoms with Gasteiger partial charge in [0, 0.05) is 38.0 Å². The van der Waals surface area contributed by atoms with E-state index in [4.69, 9.17) is 0 Å². The summed E-state index contributed by atoms with van der Waals surface area (Å²) in [5.74, 6) is -0.0394. The summed E-state index contributed by atoms with van der Waals surface area (Å²) in [6.07, 6.45) is 1.53. The number of halogens is 1. The molecule has 2 aliphatic rings. The maximum Gasteiger partial charge on any atom is 0.288 e. The van der Waals surface area contributed by atoms with Crippen molar-refractivity contribution in [2.75, 3.05) is 31.1 Å². The molecule has 0 saturated carbocycles. The van der Waals surface area contributed by atoms with Crippen molar-refractivity contribution in [3.63, 3.8) is 0 Å². The summed E-state index contributed by atoms with van der Waals surface area (Å²) in [5.41, 5.74) is 1.14. The molecule has 2 fully saturated rings. The van der Waals surface area contributed by atoms with Gasteiger partial charge in [0.25, 0.3) is 11.5 Å². The number of aryl methyl sites for hydroxylation is 1. The van der Waals surface area contributed by atoms with Crippen molar-refractivity contribution < 1.29 is 9.18 Å². The number of para-hydroxylation sites is 2. The van der Waals surface area contributed by atoms with E-state index >= 15 is 0 Å². The summed E-state index contributed by atoms with van der Waals surface area (Å²) in [5, 5.41) is 0. The van der Waals surface area contributed by atoms with Crippen LogP contribution in [0, 0.1) is 24.6 Å². The van der Waals surface area contributed by atoms with Crippen LogP contribution < -0.4 is 10.5 Å². The van der Waals surface area contributed by atoms with Crippen LogP contribution >= 0.6 is 0 Å². The highest BCUT2D eigenvalue weighted by Crippen LogP contribution is 2.33. The first-order valence-electron chi connectivity index (χ1n) is 9.52. The molecule has 9 heteroatoms. The molecular weight excluding hydrogens is 375 g/mol. The highest BCUT2D eigenvalue weighted by atomic mass is 19.1. The minimum atomic E-state index is -0.846. The molecule has 2 atom stereocenters. The standard InChI is InChI=1S/C20H19FN6O2/c1-11-17(21)18(28)25-20(23-11)27-9-12-7-26(8-13(12)10-27)19(29)16-6-22-14-4-2-3-5-15(14)24-16/h2-6,12-13H,7-10H2,1H3,(H,23,25,28). The molecular formula is C20H19FN6O2. The molecule has 2 aliphatic heterocycles. The highest BCUT2D eigenvalue weighted by Gasteiger charge is 2.42. The van der Waals surface area contributed by atoms with Crippen LogP contribution in [0.4, 0.5) is 10.3 Å². The summed E-state index contributed by atoms with van der Waals surface area (Å²) >= 11 is 0. The molecule has 5 rings (SSSR count). The van der Waals surface area contributed by atoms with Crippen LogP contribution in [0.2, 0.25) is 0 Å². The first kappa shape index (κ1) is 17.7. The van der Waals surface area contributed by atoms with Gasteiger partial charge in [-0.05, 0) is 19.1 Å². The van der Waals surface area contributed by atoms with E-state index < -0.39 is 11.4 Å². The van der Waals surface area contributed by atoms with E-state index in [9.17, 15) is 14.0 Å². The Bertz CT molecular complexity index is 1170. The Morgan fingerprint density at radius 3 is 2.48 bits per heavy atom. The number of carbonyl (C=O) groups is 1. The average molecular weight is 394 g/mol. The predicted molar refractivity (Wildman–Crippen MR) is 104 cm³/mol. The van der Waals surface area contributed by atoms with E-state index in [1.165, 1.54) is 13.1 Å². The molecule has 1 N–H and O–H groups in total. The van der Waals surface area contributed by atoms with E-state index in [1.54, 1.807) is 0 Å². The Balaban J connectivity index is 1.30. The molecule has 4 heterocycles. The van der Waals surface area contributed by atoms with Crippen molar-refractivity contribution in [1.82, 2.24) is 24.8 Å². The number of amides is 1. The van der Waals surface area contributed by atoms with Crippen molar-refractivity contribution in [2.45, 2.75) is 6.92 Å². The second-order valence-electron chi connectivity index (χ2n) is 7.67. The summed E-state index contributed by atoms with van der Waals surface area (Å²) in [4.78, 5) is 43.8. The molecule has 1 aromatic carbocycles. The number of benzene rings is 1. The Labute approximate surface area is 165 Å². The summed E-state index contributed by atoms with van der Waals surface area (Å²) in [6, 6.07) is 7.46. The van der Waals surface area contributed by atoms with Crippen LogP contribution in [0.1, 0.15) is 16.2 Å². The monoisotopic (exact) mass is 394 g/mol. The predicted octanol–water partition coefficient (Wildman–Crippen LogP) is 1.37. The van der Waals surface area contributed by atoms with Crippen molar-refractivity contribution in [3.8, 4) is 0 Å². The van der Waals surface area contributed by atoms with Gasteiger partial charge in [0.05, 0.1) is 22.9 Å². The molecule has 0 bridgehead atoms. The molecule has 2 saturated heterocycles. The lowest BCUT2D eigenvalue weighted by atomic mass is 10.0. The van der Waals surface area contributed by atoms with Crippen LogP contribution in [0.5, 0.6) is 0 Å². The molecule has 0 radical (unpaired) electrons. The lowest BCUT2D eigenvalue weighted by Crippen LogP contribution is -2.35. The topological polar surface area (TPSA) is 95.1 Å². The minimum absolute atomic E-state index is 0.0903. The lowest BCUT2D eigenvalue weighted by molar-refractivity contribution is 0.0776. The van der Waals surface area contributed by atoms with Gasteiger partial charge in [-0.3, -0.25) is 19.6 Å². The maximum atomic E-state index is 13.5. The van der Waals surface area contributed by atoms with E-state index in [1.807, 2.05) is 34.1 Å². The normalized spacial score (nSPS) is 21.0. The van der Waals surface area contributed by atoms with Gasteiger partial charge in [0.15, 0.2) is 0 Å². The zero-order valence-corrected chi connectivity index (χ0v) is 15.8. The lowest BCUT2D eigenvalue weighted by Gasteiger charge is -2.22. The van der Waals surface area contributed by atoms with Gasteiger partial charge in [0.2, 0.25) is 11.8 Å². The van der Waals surface area contributed by atoms with Gasteiger partial charge in [-0.1, -0.05) is 12.1 Å². The molecule has 1 amide bonds. The molecule has 8 nitrogen and oxygen atoms in total. The van der Waals surface area contributed by atoms with Gasteiger partial charge in [-0.25, -0.2) is 9.97 Å². The number of aromatic amines is 1. The van der Waals surface area contributed by atoms with Gasteiger partial charge < -0.3 is 9.80 Å². The molecule has 148 valence electrons. The Morgan fingerprint density at radius 1 is 1.10 bits per heavy atom. The number of aromatic nitrogens is 4. The van der Waals surface area contributed by atoms with Gasteiger partial charge in [-0.15, -0.1) is 0 Å². The molecule has 2 aromatic heterocycles. The molecule has 0 aliphatic carbocycles. The van der Waals surface area contributed by atoms with Crippen LogP contribution in [-0.4, -0.2) is 56.9 Å². The van der Waals surface area contributed by atoms with Crippen molar-refractivity contribution >= 4 is 22.9 Å². The third kappa shape index (κ3) is 3.02. The maximum absolute atomic E-state index is 13.5. The largest absolute Gasteiger partial charge is 0.342 e. The summed E-state index contributed by atoms with van der Waals surface area (Å²) in [7, 11) is 0. The van der Waals surface area contributed by atoms with E-state index in [0.29, 0.717) is 43.3 Å². The number of nitrogens with one attached hydrogen (secondary N) is 1. The smallest absolute Gasteiger partial charge is 0.288 e. The number of hydrogen-bond acceptors (Lipinski definition) is 6. The van der Waals surface area contributed by atoms with Gasteiger partial charge in [-0.2, -0.15) is 4.39 Å². The number of nitrogens with zero attached hydrogens (tertiary/aromatic N) is 5. The molecule has 0 spiro atoms. The Kier molecular flexibility index (Phi) is 4.04. The number of carbonyl (C=O) groups excluding carboxylic acids is 1. The third-order valence-corrected chi connectivity index (χ3v) is 5.76. The van der Waals surface area contributed by atoms with Crippen LogP contribution in [0.3, 0.4) is 0 Å². The SMILES string of the molecule is Cc1nc(N2CC3CN(C(=O)c4cnc5ccccc5n4)CC3C2)[nH]c(=O)c1F. The third-order valence-electron chi connectivity index (χ3n) is 5.76. The highest BCUT2D eigenvalue weighted by molar-refractivity contribution is 5.94. The van der Waals surface area contributed by atoms with Crippen molar-refractivity contribution in [3.05, 3.63) is 58.0 Å².